The van der Waals surface area contributed by atoms with Gasteiger partial charge in [0.1, 0.15) is 0 Å². The summed E-state index contributed by atoms with van der Waals surface area (Å²) in [6.45, 7) is 12.3. The van der Waals surface area contributed by atoms with E-state index >= 15 is 0 Å². The van der Waals surface area contributed by atoms with Crippen LogP contribution in [-0.4, -0.2) is 79.5 Å². The lowest BCUT2D eigenvalue weighted by Gasteiger charge is -2.39. The number of carbonyl (C=O) groups excluding carboxylic acids is 1. The molecule has 1 fully saturated rings. The number of amides is 1. The topological polar surface area (TPSA) is 112 Å². The summed E-state index contributed by atoms with van der Waals surface area (Å²) in [7, 11) is -3.70. The van der Waals surface area contributed by atoms with Crippen LogP contribution in [0.2, 0.25) is 0 Å². The van der Waals surface area contributed by atoms with E-state index in [1.165, 1.54) is 28.6 Å². The lowest BCUT2D eigenvalue weighted by atomic mass is 10.1. The molecule has 3 atom stereocenters. The molecule has 1 aliphatic heterocycles. The summed E-state index contributed by atoms with van der Waals surface area (Å²) >= 11 is 0. The fourth-order valence-corrected chi connectivity index (χ4v) is 5.82. The van der Waals surface area contributed by atoms with Gasteiger partial charge in [-0.1, -0.05) is 13.8 Å². The van der Waals surface area contributed by atoms with Crippen molar-refractivity contribution in [3.8, 4) is 0 Å². The highest BCUT2D eigenvalue weighted by Crippen LogP contribution is 2.23. The molecule has 0 bridgehead atoms. The van der Waals surface area contributed by atoms with E-state index in [0.717, 1.165) is 13.1 Å². The van der Waals surface area contributed by atoms with E-state index in [-0.39, 0.29) is 28.7 Å². The number of hydrogen-bond acceptors (Lipinski definition) is 6. The third kappa shape index (κ3) is 5.63. The predicted molar refractivity (Wildman–Crippen MR) is 128 cm³/mol. The molecule has 0 radical (unpaired) electrons. The number of morpholine rings is 1. The van der Waals surface area contributed by atoms with Crippen LogP contribution >= 0.6 is 0 Å². The maximum atomic E-state index is 13.1. The Labute approximate surface area is 195 Å². The number of aromatic amines is 1. The minimum absolute atomic E-state index is 0.0783. The summed E-state index contributed by atoms with van der Waals surface area (Å²) < 4.78 is 33.1. The van der Waals surface area contributed by atoms with Crippen LogP contribution in [0.1, 0.15) is 45.0 Å². The first-order chi connectivity index (χ1) is 15.6. The van der Waals surface area contributed by atoms with Gasteiger partial charge in [-0.2, -0.15) is 4.31 Å². The van der Waals surface area contributed by atoms with Crippen molar-refractivity contribution in [3.05, 3.63) is 40.2 Å². The Bertz CT molecular complexity index is 1150. The summed E-state index contributed by atoms with van der Waals surface area (Å²) in [6, 6.07) is 5.74. The predicted octanol–water partition coefficient (Wildman–Crippen LogP) is 1.79. The lowest BCUT2D eigenvalue weighted by molar-refractivity contribution is -0.0778. The second kappa shape index (κ2) is 10.3. The molecule has 1 amide bonds. The van der Waals surface area contributed by atoms with Crippen LogP contribution in [0.25, 0.3) is 10.9 Å². The number of hydrogen-bond donors (Lipinski definition) is 2. The van der Waals surface area contributed by atoms with Crippen LogP contribution in [0.3, 0.4) is 0 Å². The molecule has 2 aromatic rings. The van der Waals surface area contributed by atoms with E-state index in [4.69, 9.17) is 4.74 Å². The first-order valence-electron chi connectivity index (χ1n) is 11.4. The van der Waals surface area contributed by atoms with Crippen molar-refractivity contribution in [2.24, 2.45) is 0 Å². The van der Waals surface area contributed by atoms with Crippen molar-refractivity contribution in [2.45, 2.75) is 57.8 Å². The molecule has 9 nitrogen and oxygen atoms in total. The molecule has 3 rings (SSSR count). The highest BCUT2D eigenvalue weighted by Gasteiger charge is 2.27. The number of benzene rings is 1. The lowest BCUT2D eigenvalue weighted by Crippen LogP contribution is -2.52. The Kier molecular flexibility index (Phi) is 7.94. The average molecular weight is 479 g/mol. The van der Waals surface area contributed by atoms with E-state index in [0.29, 0.717) is 30.5 Å². The molecule has 1 aliphatic rings. The number of carbonyl (C=O) groups is 1. The molecule has 1 aromatic carbocycles. The monoisotopic (exact) mass is 478 g/mol. The molecule has 0 aliphatic carbocycles. The summed E-state index contributed by atoms with van der Waals surface area (Å²) in [5, 5.41) is 3.30. The van der Waals surface area contributed by atoms with Gasteiger partial charge in [-0.15, -0.1) is 0 Å². The summed E-state index contributed by atoms with van der Waals surface area (Å²) in [6.07, 6.45) is 0.240. The molecular formula is C23H34N4O5S. The van der Waals surface area contributed by atoms with Gasteiger partial charge < -0.3 is 15.0 Å². The molecule has 0 unspecified atom stereocenters. The normalized spacial score (nSPS) is 20.8. The molecule has 2 heterocycles. The maximum Gasteiger partial charge on any atom is 0.252 e. The third-order valence-corrected chi connectivity index (χ3v) is 8.08. The van der Waals surface area contributed by atoms with Gasteiger partial charge >= 0.3 is 0 Å². The van der Waals surface area contributed by atoms with Gasteiger partial charge in [0, 0.05) is 55.7 Å². The van der Waals surface area contributed by atoms with Gasteiger partial charge in [0.15, 0.2) is 0 Å². The quantitative estimate of drug-likeness (QED) is 0.598. The Morgan fingerprint density at radius 1 is 1.21 bits per heavy atom. The highest BCUT2D eigenvalue weighted by atomic mass is 32.2. The van der Waals surface area contributed by atoms with Crippen molar-refractivity contribution in [3.63, 3.8) is 0 Å². The minimum Gasteiger partial charge on any atom is -0.373 e. The molecular weight excluding hydrogens is 444 g/mol. The van der Waals surface area contributed by atoms with Crippen molar-refractivity contribution in [2.75, 3.05) is 32.7 Å². The molecule has 10 heteroatoms. The molecule has 0 saturated carbocycles. The van der Waals surface area contributed by atoms with Crippen molar-refractivity contribution < 1.29 is 17.9 Å². The number of fused-ring (bicyclic) bond motifs is 1. The fourth-order valence-electron chi connectivity index (χ4n) is 4.34. The zero-order valence-electron chi connectivity index (χ0n) is 19.9. The molecule has 1 aromatic heterocycles. The Hall–Kier alpha value is -2.27. The molecule has 182 valence electrons. The molecule has 33 heavy (non-hydrogen) atoms. The Balaban J connectivity index is 1.87. The van der Waals surface area contributed by atoms with Gasteiger partial charge in [-0.25, -0.2) is 8.42 Å². The summed E-state index contributed by atoms with van der Waals surface area (Å²) in [5.74, 6) is -0.412. The Morgan fingerprint density at radius 3 is 2.45 bits per heavy atom. The van der Waals surface area contributed by atoms with Crippen LogP contribution < -0.4 is 10.9 Å². The van der Waals surface area contributed by atoms with E-state index in [1.54, 1.807) is 13.8 Å². The number of ether oxygens (including phenoxy) is 1. The number of pyridine rings is 1. The first kappa shape index (κ1) is 25.4. The number of H-pyrrole nitrogens is 1. The van der Waals surface area contributed by atoms with E-state index in [2.05, 4.69) is 15.2 Å². The minimum atomic E-state index is -3.70. The van der Waals surface area contributed by atoms with Crippen LogP contribution in [0.5, 0.6) is 0 Å². The van der Waals surface area contributed by atoms with Crippen LogP contribution in [0.4, 0.5) is 0 Å². The summed E-state index contributed by atoms with van der Waals surface area (Å²) in [5.41, 5.74) is 0.146. The average Bonchev–Trinajstić information content (AvgIpc) is 2.76. The number of rotatable bonds is 8. The second-order valence-corrected chi connectivity index (χ2v) is 10.6. The van der Waals surface area contributed by atoms with Crippen LogP contribution in [0.15, 0.2) is 34.0 Å². The van der Waals surface area contributed by atoms with Gasteiger partial charge in [0.2, 0.25) is 15.6 Å². The zero-order valence-corrected chi connectivity index (χ0v) is 20.7. The first-order valence-corrected chi connectivity index (χ1v) is 12.9. The molecule has 0 spiro atoms. The molecule has 2 N–H and O–H groups in total. The smallest absolute Gasteiger partial charge is 0.252 e. The summed E-state index contributed by atoms with van der Waals surface area (Å²) in [4.78, 5) is 30.3. The molecule has 1 saturated heterocycles. The van der Waals surface area contributed by atoms with Gasteiger partial charge in [-0.05, 0) is 39.0 Å². The van der Waals surface area contributed by atoms with Crippen LogP contribution in [0, 0.1) is 0 Å². The third-order valence-electron chi connectivity index (χ3n) is 6.03. The SMILES string of the molecule is CCN(CC)S(=O)(=O)c1ccc2[nH]c(=O)cc(C(=O)NC[C@H](C)N3C[C@@H](C)O[C@H](C)C3)c2c1. The fraction of sp³-hybridized carbons (Fsp3) is 0.565. The van der Waals surface area contributed by atoms with E-state index in [9.17, 15) is 18.0 Å². The number of nitrogens with zero attached hydrogens (tertiary/aromatic N) is 2. The second-order valence-electron chi connectivity index (χ2n) is 8.61. The highest BCUT2D eigenvalue weighted by molar-refractivity contribution is 7.89. The van der Waals surface area contributed by atoms with Crippen LogP contribution in [-0.2, 0) is 14.8 Å². The van der Waals surface area contributed by atoms with Crippen molar-refractivity contribution >= 4 is 26.8 Å². The van der Waals surface area contributed by atoms with E-state index < -0.39 is 21.5 Å². The van der Waals surface area contributed by atoms with Crippen molar-refractivity contribution in [1.82, 2.24) is 19.5 Å². The van der Waals surface area contributed by atoms with Gasteiger partial charge in [-0.3, -0.25) is 14.5 Å². The maximum absolute atomic E-state index is 13.1. The zero-order chi connectivity index (χ0) is 24.3. The largest absolute Gasteiger partial charge is 0.373 e. The van der Waals surface area contributed by atoms with Crippen molar-refractivity contribution in [1.29, 1.82) is 0 Å². The van der Waals surface area contributed by atoms with Gasteiger partial charge in [0.05, 0.1) is 22.7 Å². The van der Waals surface area contributed by atoms with E-state index in [1.807, 2.05) is 20.8 Å². The number of nitrogens with one attached hydrogen (secondary N) is 2. The standard InChI is InChI=1S/C23H34N4O5S/c1-6-27(7-2)33(30,31)18-8-9-21-19(10-18)20(11-22(28)25-21)23(29)24-12-15(3)26-13-16(4)32-17(5)14-26/h8-11,15-17H,6-7,12-14H2,1-5H3,(H,24,29)(H,25,28)/t15-,16+,17+/m0/s1. The Morgan fingerprint density at radius 2 is 1.85 bits per heavy atom. The van der Waals surface area contributed by atoms with Gasteiger partial charge in [0.25, 0.3) is 5.91 Å². The number of sulfonamides is 1. The number of aromatic nitrogens is 1.